The molecule has 5 aromatic carbocycles. The fourth-order valence-electron chi connectivity index (χ4n) is 6.72. The third-order valence-corrected chi connectivity index (χ3v) is 9.38. The van der Waals surface area contributed by atoms with Crippen LogP contribution in [0.2, 0.25) is 5.15 Å². The van der Waals surface area contributed by atoms with Gasteiger partial charge in [-0.05, 0) is 39.8 Å². The monoisotopic (exact) mass is 680 g/mol. The average molecular weight is 681 g/mol. The van der Waals surface area contributed by atoms with Crippen molar-refractivity contribution in [1.29, 1.82) is 0 Å². The summed E-state index contributed by atoms with van der Waals surface area (Å²) in [6.07, 6.45) is 2.53. The summed E-state index contributed by atoms with van der Waals surface area (Å²) < 4.78 is 1.72. The van der Waals surface area contributed by atoms with Crippen molar-refractivity contribution in [3.63, 3.8) is 0 Å². The topological polar surface area (TPSA) is 94.8 Å². The molecule has 1 aliphatic rings. The molecule has 6 aromatic rings. The van der Waals surface area contributed by atoms with Crippen LogP contribution in [0.5, 0.6) is 0 Å². The largest absolute Gasteiger partial charge is 0.476 e. The SMILES string of the molecule is CCCCc1nc(Cl)c(C(=O)O)n1Cc1ccc(-c2ccccc2C2=NN(C(c3ccccc3)(c3ccccc3)c3ccccc3)NN2)cc1. The molecule has 0 fully saturated rings. The first-order valence-electron chi connectivity index (χ1n) is 16.7. The van der Waals surface area contributed by atoms with Crippen LogP contribution in [0.25, 0.3) is 11.1 Å². The molecule has 9 heteroatoms. The molecule has 0 amide bonds. The molecular weight excluding hydrogens is 644 g/mol. The molecule has 0 bridgehead atoms. The molecule has 0 atom stereocenters. The summed E-state index contributed by atoms with van der Waals surface area (Å²) in [6.45, 7) is 2.45. The second-order valence-corrected chi connectivity index (χ2v) is 12.6. The Morgan fingerprint density at radius 1 is 0.760 bits per heavy atom. The highest BCUT2D eigenvalue weighted by atomic mass is 35.5. The highest BCUT2D eigenvalue weighted by molar-refractivity contribution is 6.32. The molecule has 0 saturated heterocycles. The van der Waals surface area contributed by atoms with Gasteiger partial charge in [-0.25, -0.2) is 9.78 Å². The van der Waals surface area contributed by atoms with Crippen LogP contribution in [0.4, 0.5) is 0 Å². The highest BCUT2D eigenvalue weighted by Gasteiger charge is 2.44. The van der Waals surface area contributed by atoms with Crippen molar-refractivity contribution < 1.29 is 9.90 Å². The first kappa shape index (κ1) is 32.8. The van der Waals surface area contributed by atoms with Gasteiger partial charge in [0, 0.05) is 18.5 Å². The number of amidine groups is 1. The zero-order valence-corrected chi connectivity index (χ0v) is 28.4. The number of hydrazine groups is 2. The van der Waals surface area contributed by atoms with E-state index in [0.717, 1.165) is 51.8 Å². The lowest BCUT2D eigenvalue weighted by Gasteiger charge is -2.41. The van der Waals surface area contributed by atoms with Gasteiger partial charge < -0.3 is 9.67 Å². The fraction of sp³-hybridized carbons (Fsp3) is 0.146. The van der Waals surface area contributed by atoms with Crippen LogP contribution in [0.15, 0.2) is 145 Å². The van der Waals surface area contributed by atoms with Gasteiger partial charge in [-0.2, -0.15) is 5.12 Å². The molecule has 7 rings (SSSR count). The minimum Gasteiger partial charge on any atom is -0.476 e. The van der Waals surface area contributed by atoms with E-state index < -0.39 is 11.5 Å². The van der Waals surface area contributed by atoms with Crippen molar-refractivity contribution in [1.82, 2.24) is 25.6 Å². The molecule has 0 unspecified atom stereocenters. The third-order valence-electron chi connectivity index (χ3n) is 9.12. The van der Waals surface area contributed by atoms with E-state index in [-0.39, 0.29) is 10.8 Å². The Labute approximate surface area is 296 Å². The number of nitrogens with one attached hydrogen (secondary N) is 2. The molecule has 250 valence electrons. The number of aromatic carboxylic acids is 1. The molecule has 50 heavy (non-hydrogen) atoms. The molecule has 0 radical (unpaired) electrons. The number of hydrogen-bond acceptors (Lipinski definition) is 6. The van der Waals surface area contributed by atoms with E-state index in [1.165, 1.54) is 0 Å². The van der Waals surface area contributed by atoms with Gasteiger partial charge in [-0.3, -0.25) is 5.43 Å². The second kappa shape index (κ2) is 14.4. The number of carboxylic acids is 1. The number of hydrazone groups is 1. The molecular formula is C41H37ClN6O2. The molecule has 0 aliphatic carbocycles. The van der Waals surface area contributed by atoms with Crippen molar-refractivity contribution >= 4 is 23.4 Å². The average Bonchev–Trinajstić information content (AvgIpc) is 3.77. The van der Waals surface area contributed by atoms with Gasteiger partial charge in [0.1, 0.15) is 5.82 Å². The summed E-state index contributed by atoms with van der Waals surface area (Å²) in [5, 5.41) is 17.1. The first-order chi connectivity index (χ1) is 24.5. The van der Waals surface area contributed by atoms with Gasteiger partial charge in [0.25, 0.3) is 0 Å². The zero-order valence-electron chi connectivity index (χ0n) is 27.6. The number of rotatable bonds is 12. The number of aryl methyl sites for hydroxylation is 1. The van der Waals surface area contributed by atoms with E-state index in [1.807, 2.05) is 47.6 Å². The van der Waals surface area contributed by atoms with E-state index in [2.05, 4.69) is 120 Å². The van der Waals surface area contributed by atoms with Crippen molar-refractivity contribution in [3.05, 3.63) is 184 Å². The second-order valence-electron chi connectivity index (χ2n) is 12.2. The smallest absolute Gasteiger partial charge is 0.355 e. The zero-order chi connectivity index (χ0) is 34.5. The molecule has 2 heterocycles. The van der Waals surface area contributed by atoms with E-state index in [0.29, 0.717) is 24.6 Å². The van der Waals surface area contributed by atoms with E-state index in [1.54, 1.807) is 4.57 Å². The van der Waals surface area contributed by atoms with Gasteiger partial charge >= 0.3 is 5.97 Å². The summed E-state index contributed by atoms with van der Waals surface area (Å²) in [7, 11) is 0. The Kier molecular flexibility index (Phi) is 9.47. The van der Waals surface area contributed by atoms with Gasteiger partial charge in [0.05, 0.1) is 0 Å². The number of benzene rings is 5. The minimum atomic E-state index is -1.08. The van der Waals surface area contributed by atoms with Crippen LogP contribution >= 0.6 is 11.6 Å². The Bertz CT molecular complexity index is 2020. The molecule has 3 N–H and O–H groups in total. The molecule has 8 nitrogen and oxygen atoms in total. The van der Waals surface area contributed by atoms with Crippen LogP contribution < -0.4 is 11.0 Å². The van der Waals surface area contributed by atoms with Gasteiger partial charge in [-0.15, -0.1) is 10.6 Å². The fourth-order valence-corrected chi connectivity index (χ4v) is 7.00. The summed E-state index contributed by atoms with van der Waals surface area (Å²) in [4.78, 5) is 16.5. The van der Waals surface area contributed by atoms with Crippen LogP contribution in [-0.4, -0.2) is 31.6 Å². The van der Waals surface area contributed by atoms with E-state index >= 15 is 0 Å². The Hall–Kier alpha value is -5.70. The standard InChI is InChI=1S/C41H37ClN6O2/c1-2-3-23-36-43-38(42)37(40(49)50)47(36)28-29-24-26-30(27-25-29)34-21-13-14-22-35(34)39-44-46-48(45-39)41(31-15-7-4-8-16-31,32-17-9-5-10-18-32)33-19-11-6-12-20-33/h4-22,24-27,46H,2-3,23,28H2,1H3,(H,44,45)(H,49,50). The lowest BCUT2D eigenvalue weighted by molar-refractivity contribution is 0.0685. The molecule has 0 saturated carbocycles. The number of carbonyl (C=O) groups is 1. The highest BCUT2D eigenvalue weighted by Crippen LogP contribution is 2.42. The van der Waals surface area contributed by atoms with Gasteiger partial charge in [0.2, 0.25) is 0 Å². The quantitative estimate of drug-likeness (QED) is 0.113. The number of carboxylic acid groups (broad SMARTS) is 1. The maximum Gasteiger partial charge on any atom is 0.355 e. The molecule has 0 spiro atoms. The van der Waals surface area contributed by atoms with Gasteiger partial charge in [-0.1, -0.05) is 164 Å². The lowest BCUT2D eigenvalue weighted by Crippen LogP contribution is -2.52. The first-order valence-corrected chi connectivity index (χ1v) is 17.1. The van der Waals surface area contributed by atoms with Crippen molar-refractivity contribution in [2.24, 2.45) is 5.10 Å². The lowest BCUT2D eigenvalue weighted by atomic mass is 9.77. The van der Waals surface area contributed by atoms with E-state index in [4.69, 9.17) is 16.7 Å². The van der Waals surface area contributed by atoms with E-state index in [9.17, 15) is 9.90 Å². The Morgan fingerprint density at radius 3 is 1.84 bits per heavy atom. The molecule has 1 aromatic heterocycles. The predicted molar refractivity (Wildman–Crippen MR) is 198 cm³/mol. The number of imidazole rings is 1. The Balaban J connectivity index is 1.25. The van der Waals surface area contributed by atoms with Crippen LogP contribution in [-0.2, 0) is 18.5 Å². The summed E-state index contributed by atoms with van der Waals surface area (Å²) >= 11 is 6.28. The van der Waals surface area contributed by atoms with Crippen molar-refractivity contribution in [3.8, 4) is 11.1 Å². The number of unbranched alkanes of at least 4 members (excludes halogenated alkanes) is 1. The normalized spacial score (nSPS) is 12.8. The maximum absolute atomic E-state index is 12.1. The van der Waals surface area contributed by atoms with Crippen LogP contribution in [0.3, 0.4) is 0 Å². The summed E-state index contributed by atoms with van der Waals surface area (Å²) in [5.74, 6) is 0.277. The summed E-state index contributed by atoms with van der Waals surface area (Å²) in [5.41, 5.74) is 13.1. The van der Waals surface area contributed by atoms with Gasteiger partial charge in [0.15, 0.2) is 22.2 Å². The Morgan fingerprint density at radius 2 is 1.30 bits per heavy atom. The van der Waals surface area contributed by atoms with Crippen molar-refractivity contribution in [2.75, 3.05) is 0 Å². The maximum atomic E-state index is 12.1. The number of aromatic nitrogens is 2. The summed E-state index contributed by atoms with van der Waals surface area (Å²) in [6, 6.07) is 47.5. The van der Waals surface area contributed by atoms with Crippen LogP contribution in [0.1, 0.15) is 63.9 Å². The van der Waals surface area contributed by atoms with Crippen molar-refractivity contribution in [2.45, 2.75) is 38.3 Å². The number of hydrogen-bond donors (Lipinski definition) is 3. The predicted octanol–water partition coefficient (Wildman–Crippen LogP) is 8.27. The third kappa shape index (κ3) is 6.15. The minimum absolute atomic E-state index is 0.0205. The number of nitrogens with zero attached hydrogens (tertiary/aromatic N) is 4. The molecule has 1 aliphatic heterocycles. The number of halogens is 1. The van der Waals surface area contributed by atoms with Crippen LogP contribution in [0, 0.1) is 0 Å².